The summed E-state index contributed by atoms with van der Waals surface area (Å²) >= 11 is 0. The molecule has 0 atom stereocenters. The van der Waals surface area contributed by atoms with Crippen molar-refractivity contribution in [2.24, 2.45) is 0 Å². The lowest BCUT2D eigenvalue weighted by Gasteiger charge is -2.28. The second kappa shape index (κ2) is 7.30. The largest absolute Gasteiger partial charge is 0.479 e. The van der Waals surface area contributed by atoms with E-state index in [0.717, 1.165) is 35.7 Å². The van der Waals surface area contributed by atoms with Gasteiger partial charge in [-0.2, -0.15) is 15.2 Å². The van der Waals surface area contributed by atoms with E-state index >= 15 is 0 Å². The number of fused-ring (bicyclic) bond motifs is 1. The summed E-state index contributed by atoms with van der Waals surface area (Å²) in [5.74, 6) is 0.532. The number of nitrogens with zero attached hydrogens (tertiary/aromatic N) is 6. The fourth-order valence-corrected chi connectivity index (χ4v) is 3.15. The first-order valence-electron chi connectivity index (χ1n) is 8.58. The molecule has 0 aliphatic carbocycles. The summed E-state index contributed by atoms with van der Waals surface area (Å²) in [6, 6.07) is 1.99. The lowest BCUT2D eigenvalue weighted by atomic mass is 10.2. The number of imidazole rings is 1. The molecule has 0 saturated carbocycles. The van der Waals surface area contributed by atoms with Crippen LogP contribution in [0.2, 0.25) is 0 Å². The van der Waals surface area contributed by atoms with Crippen LogP contribution < -0.4 is 9.64 Å². The van der Waals surface area contributed by atoms with Crippen LogP contribution in [0.15, 0.2) is 24.7 Å². The zero-order valence-electron chi connectivity index (χ0n) is 15.0. The lowest BCUT2D eigenvalue weighted by Crippen LogP contribution is -2.36. The van der Waals surface area contributed by atoms with Crippen molar-refractivity contribution in [1.29, 1.82) is 0 Å². The van der Waals surface area contributed by atoms with E-state index < -0.39 is 0 Å². The molecule has 138 valence electrons. The average Bonchev–Trinajstić information content (AvgIpc) is 3.30. The Morgan fingerprint density at radius 2 is 2.04 bits per heavy atom. The third kappa shape index (κ3) is 2.99. The molecule has 1 saturated heterocycles. The highest BCUT2D eigenvalue weighted by molar-refractivity contribution is 5.76. The van der Waals surface area contributed by atoms with Crippen LogP contribution in [0.5, 0.6) is 5.88 Å². The Balaban J connectivity index is 1.78. The number of hydrogen-bond donors (Lipinski definition) is 0. The summed E-state index contributed by atoms with van der Waals surface area (Å²) in [6.07, 6.45) is 5.54. The Labute approximate surface area is 151 Å². The van der Waals surface area contributed by atoms with Crippen molar-refractivity contribution in [3.8, 4) is 17.1 Å². The van der Waals surface area contributed by atoms with Crippen molar-refractivity contribution in [2.75, 3.05) is 52.0 Å². The predicted molar refractivity (Wildman–Crippen MR) is 95.7 cm³/mol. The molecule has 1 aliphatic heterocycles. The molecule has 3 aromatic heterocycles. The molecular weight excluding hydrogens is 336 g/mol. The Kier molecular flexibility index (Phi) is 4.72. The van der Waals surface area contributed by atoms with Gasteiger partial charge in [0.15, 0.2) is 5.65 Å². The van der Waals surface area contributed by atoms with Crippen LogP contribution in [0.1, 0.15) is 0 Å². The monoisotopic (exact) mass is 358 g/mol. The van der Waals surface area contributed by atoms with Gasteiger partial charge in [0.2, 0.25) is 5.88 Å². The van der Waals surface area contributed by atoms with Crippen molar-refractivity contribution in [3.05, 3.63) is 24.7 Å². The van der Waals surface area contributed by atoms with E-state index in [1.807, 2.05) is 21.5 Å². The molecule has 9 nitrogen and oxygen atoms in total. The normalized spacial score (nSPS) is 14.9. The van der Waals surface area contributed by atoms with Gasteiger partial charge in [-0.15, -0.1) is 0 Å². The first kappa shape index (κ1) is 16.8. The molecule has 0 spiro atoms. The highest BCUT2D eigenvalue weighted by Crippen LogP contribution is 2.33. The second-order valence-corrected chi connectivity index (χ2v) is 6.01. The standard InChI is InChI=1S/C17H22N6O3/c1-24-8-7-22-12-13(11-19-22)15-17(25-2)20-16-14(3-4-18-23(15)16)21-5-9-26-10-6-21/h3-4,11-12H,5-10H2,1-2H3. The quantitative estimate of drug-likeness (QED) is 0.652. The number of hydrogen-bond acceptors (Lipinski definition) is 7. The fraction of sp³-hybridized carbons (Fsp3) is 0.471. The van der Waals surface area contributed by atoms with Gasteiger partial charge >= 0.3 is 0 Å². The molecule has 0 unspecified atom stereocenters. The van der Waals surface area contributed by atoms with Gasteiger partial charge < -0.3 is 19.1 Å². The van der Waals surface area contributed by atoms with E-state index in [0.29, 0.717) is 32.2 Å². The molecule has 0 radical (unpaired) electrons. The number of anilines is 1. The van der Waals surface area contributed by atoms with E-state index in [1.165, 1.54) is 0 Å². The van der Waals surface area contributed by atoms with Crippen LogP contribution in [0.4, 0.5) is 5.69 Å². The van der Waals surface area contributed by atoms with E-state index in [2.05, 4.69) is 20.1 Å². The molecule has 0 aromatic carbocycles. The summed E-state index contributed by atoms with van der Waals surface area (Å²) in [5.41, 5.74) is 3.49. The molecule has 0 bridgehead atoms. The van der Waals surface area contributed by atoms with Crippen molar-refractivity contribution < 1.29 is 14.2 Å². The van der Waals surface area contributed by atoms with E-state index in [4.69, 9.17) is 14.2 Å². The molecule has 3 aromatic rings. The van der Waals surface area contributed by atoms with Crippen LogP contribution in [0.3, 0.4) is 0 Å². The van der Waals surface area contributed by atoms with Gasteiger partial charge in [-0.25, -0.2) is 4.52 Å². The molecule has 4 rings (SSSR count). The summed E-state index contributed by atoms with van der Waals surface area (Å²) in [7, 11) is 3.30. The molecule has 4 heterocycles. The summed E-state index contributed by atoms with van der Waals surface area (Å²) in [6.45, 7) is 4.38. The summed E-state index contributed by atoms with van der Waals surface area (Å²) < 4.78 is 19.8. The van der Waals surface area contributed by atoms with Gasteiger partial charge in [-0.3, -0.25) is 4.68 Å². The Morgan fingerprint density at radius 1 is 1.19 bits per heavy atom. The Hall–Kier alpha value is -2.65. The average molecular weight is 358 g/mol. The molecule has 9 heteroatoms. The van der Waals surface area contributed by atoms with E-state index in [9.17, 15) is 0 Å². The number of aromatic nitrogens is 5. The topological polar surface area (TPSA) is 78.9 Å². The molecule has 1 aliphatic rings. The molecular formula is C17H22N6O3. The van der Waals surface area contributed by atoms with Crippen molar-refractivity contribution >= 4 is 11.3 Å². The molecule has 0 N–H and O–H groups in total. The van der Waals surface area contributed by atoms with E-state index in [-0.39, 0.29) is 0 Å². The maximum absolute atomic E-state index is 5.54. The van der Waals surface area contributed by atoms with Crippen LogP contribution in [0.25, 0.3) is 16.9 Å². The molecule has 1 fully saturated rings. The van der Waals surface area contributed by atoms with Crippen molar-refractivity contribution in [1.82, 2.24) is 24.4 Å². The van der Waals surface area contributed by atoms with Gasteiger partial charge in [0, 0.05) is 32.0 Å². The van der Waals surface area contributed by atoms with Crippen LogP contribution in [0, 0.1) is 0 Å². The highest BCUT2D eigenvalue weighted by Gasteiger charge is 2.22. The summed E-state index contributed by atoms with van der Waals surface area (Å²) in [5, 5.41) is 8.90. The second-order valence-electron chi connectivity index (χ2n) is 6.01. The zero-order valence-corrected chi connectivity index (χ0v) is 15.0. The van der Waals surface area contributed by atoms with Crippen LogP contribution in [-0.4, -0.2) is 71.5 Å². The van der Waals surface area contributed by atoms with Gasteiger partial charge in [-0.05, 0) is 6.07 Å². The smallest absolute Gasteiger partial charge is 0.242 e. The zero-order chi connectivity index (χ0) is 17.9. The third-order valence-corrected chi connectivity index (χ3v) is 4.44. The molecule has 26 heavy (non-hydrogen) atoms. The van der Waals surface area contributed by atoms with Crippen LogP contribution in [-0.2, 0) is 16.0 Å². The maximum atomic E-state index is 5.54. The predicted octanol–water partition coefficient (Wildman–Crippen LogP) is 1.08. The highest BCUT2D eigenvalue weighted by atomic mass is 16.5. The van der Waals surface area contributed by atoms with Gasteiger partial charge in [0.1, 0.15) is 5.69 Å². The van der Waals surface area contributed by atoms with Crippen LogP contribution >= 0.6 is 0 Å². The van der Waals surface area contributed by atoms with Gasteiger partial charge in [0.25, 0.3) is 0 Å². The minimum Gasteiger partial charge on any atom is -0.479 e. The Bertz CT molecular complexity index is 884. The fourth-order valence-electron chi connectivity index (χ4n) is 3.15. The third-order valence-electron chi connectivity index (χ3n) is 4.44. The van der Waals surface area contributed by atoms with Gasteiger partial charge in [-0.1, -0.05) is 0 Å². The first-order chi connectivity index (χ1) is 12.8. The maximum Gasteiger partial charge on any atom is 0.242 e. The minimum absolute atomic E-state index is 0.532. The molecule has 0 amide bonds. The van der Waals surface area contributed by atoms with E-state index in [1.54, 1.807) is 26.6 Å². The van der Waals surface area contributed by atoms with Crippen molar-refractivity contribution in [3.63, 3.8) is 0 Å². The first-order valence-corrected chi connectivity index (χ1v) is 8.58. The SMILES string of the molecule is COCCn1cc(-c2c(OC)nc3c(N4CCOCC4)ccnn23)cn1. The number of ether oxygens (including phenoxy) is 3. The number of methoxy groups -OCH3 is 2. The Morgan fingerprint density at radius 3 is 2.81 bits per heavy atom. The minimum atomic E-state index is 0.532. The lowest BCUT2D eigenvalue weighted by molar-refractivity contribution is 0.123. The summed E-state index contributed by atoms with van der Waals surface area (Å²) in [4.78, 5) is 6.95. The number of morpholine rings is 1. The van der Waals surface area contributed by atoms with Crippen molar-refractivity contribution in [2.45, 2.75) is 6.54 Å². The van der Waals surface area contributed by atoms with Gasteiger partial charge in [0.05, 0.1) is 51.6 Å². The number of rotatable bonds is 6.